The van der Waals surface area contributed by atoms with Crippen LogP contribution in [0.1, 0.15) is 52.9 Å². The molecule has 0 spiro atoms. The number of hydrogen-bond donors (Lipinski definition) is 3. The van der Waals surface area contributed by atoms with Crippen molar-refractivity contribution in [3.8, 4) is 0 Å². The number of nitrogens with one attached hydrogen (secondary N) is 1. The van der Waals surface area contributed by atoms with Crippen molar-refractivity contribution in [2.24, 2.45) is 17.8 Å². The second kappa shape index (κ2) is 13.2. The molecule has 1 fully saturated rings. The molecule has 186 valence electrons. The van der Waals surface area contributed by atoms with Crippen molar-refractivity contribution >= 4 is 23.6 Å². The van der Waals surface area contributed by atoms with Crippen LogP contribution in [0.5, 0.6) is 0 Å². The molecule has 8 nitrogen and oxygen atoms in total. The number of carbonyl (C=O) groups is 4. The van der Waals surface area contributed by atoms with Crippen LogP contribution in [0.4, 0.5) is 0 Å². The summed E-state index contributed by atoms with van der Waals surface area (Å²) in [6.07, 6.45) is 10.2. The lowest BCUT2D eigenvalue weighted by Crippen LogP contribution is -2.40. The number of rotatable bonds is 6. The van der Waals surface area contributed by atoms with Crippen LogP contribution in [0, 0.1) is 17.8 Å². The van der Waals surface area contributed by atoms with Crippen molar-refractivity contribution in [2.75, 3.05) is 0 Å². The quantitative estimate of drug-likeness (QED) is 0.234. The maximum absolute atomic E-state index is 12.6. The van der Waals surface area contributed by atoms with E-state index in [4.69, 9.17) is 4.74 Å². The Kier molecular flexibility index (Phi) is 10.6. The standard InChI is InChI=1S/C26H35NO7/c1-16(20(28)11-8-9-19-14-22(30)27-23(31)15-19)13-17(2)26-18(3)25(33)21(29)10-6-4-5-7-12-24(32)34-26/h6-8,10-13,16,18-19,21,25-26,29,33H,4-5,9,14-15H2,1-3H3,(H,27,30,31)/b10-6?,11-8+,12-7?,17-13+/t16-,18-,21-,25-,26-/m0/s1. The second-order valence-corrected chi connectivity index (χ2v) is 9.09. The predicted octanol–water partition coefficient (Wildman–Crippen LogP) is 2.31. The number of aliphatic hydroxyl groups excluding tert-OH is 2. The van der Waals surface area contributed by atoms with Gasteiger partial charge in [0.15, 0.2) is 5.78 Å². The van der Waals surface area contributed by atoms with Gasteiger partial charge in [0.25, 0.3) is 0 Å². The molecule has 2 aliphatic heterocycles. The number of ether oxygens (including phenoxy) is 1. The van der Waals surface area contributed by atoms with Gasteiger partial charge in [-0.15, -0.1) is 0 Å². The van der Waals surface area contributed by atoms with Gasteiger partial charge >= 0.3 is 5.97 Å². The van der Waals surface area contributed by atoms with Gasteiger partial charge in [-0.05, 0) is 43.8 Å². The Morgan fingerprint density at radius 3 is 2.50 bits per heavy atom. The number of allylic oxidation sites excluding steroid dienone is 5. The van der Waals surface area contributed by atoms with Gasteiger partial charge in [-0.3, -0.25) is 19.7 Å². The van der Waals surface area contributed by atoms with E-state index in [1.807, 2.05) is 0 Å². The van der Waals surface area contributed by atoms with Crippen LogP contribution in [0.3, 0.4) is 0 Å². The minimum atomic E-state index is -1.16. The van der Waals surface area contributed by atoms with E-state index in [2.05, 4.69) is 5.32 Å². The molecule has 2 aliphatic rings. The minimum Gasteiger partial charge on any atom is -0.454 e. The van der Waals surface area contributed by atoms with E-state index in [1.165, 1.54) is 18.2 Å². The molecule has 0 aromatic carbocycles. The van der Waals surface area contributed by atoms with Crippen LogP contribution >= 0.6 is 0 Å². The number of aliphatic hydroxyl groups is 2. The van der Waals surface area contributed by atoms with E-state index in [9.17, 15) is 29.4 Å². The van der Waals surface area contributed by atoms with Gasteiger partial charge in [0.05, 0.1) is 12.2 Å². The average Bonchev–Trinajstić information content (AvgIpc) is 2.77. The molecular formula is C26H35NO7. The molecule has 0 unspecified atom stereocenters. The van der Waals surface area contributed by atoms with Crippen LogP contribution in [-0.2, 0) is 23.9 Å². The highest BCUT2D eigenvalue weighted by molar-refractivity contribution is 5.97. The third-order valence-electron chi connectivity index (χ3n) is 6.09. The van der Waals surface area contributed by atoms with E-state index >= 15 is 0 Å². The Labute approximate surface area is 200 Å². The first kappa shape index (κ1) is 27.4. The van der Waals surface area contributed by atoms with Crippen molar-refractivity contribution in [1.29, 1.82) is 0 Å². The third kappa shape index (κ3) is 8.50. The highest BCUT2D eigenvalue weighted by Crippen LogP contribution is 2.25. The van der Waals surface area contributed by atoms with Gasteiger partial charge in [0.1, 0.15) is 6.10 Å². The number of esters is 1. The molecular weight excluding hydrogens is 438 g/mol. The number of hydrogen-bond acceptors (Lipinski definition) is 7. The van der Waals surface area contributed by atoms with Gasteiger partial charge in [-0.1, -0.05) is 44.2 Å². The second-order valence-electron chi connectivity index (χ2n) is 9.09. The molecule has 0 aromatic rings. The molecule has 1 saturated heterocycles. The van der Waals surface area contributed by atoms with Crippen LogP contribution in [0.2, 0.25) is 0 Å². The Bertz CT molecular complexity index is 870. The molecule has 2 rings (SSSR count). The van der Waals surface area contributed by atoms with E-state index in [1.54, 1.807) is 45.1 Å². The Morgan fingerprint density at radius 2 is 1.82 bits per heavy atom. The molecule has 5 atom stereocenters. The Balaban J connectivity index is 2.09. The zero-order valence-corrected chi connectivity index (χ0v) is 20.0. The first-order valence-electron chi connectivity index (χ1n) is 11.7. The molecule has 34 heavy (non-hydrogen) atoms. The van der Waals surface area contributed by atoms with E-state index in [0.29, 0.717) is 24.8 Å². The lowest BCUT2D eigenvalue weighted by atomic mass is 9.87. The topological polar surface area (TPSA) is 130 Å². The van der Waals surface area contributed by atoms with Gasteiger partial charge in [-0.25, -0.2) is 4.79 Å². The summed E-state index contributed by atoms with van der Waals surface area (Å²) in [4.78, 5) is 47.8. The maximum atomic E-state index is 12.6. The van der Waals surface area contributed by atoms with Crippen LogP contribution in [0.25, 0.3) is 0 Å². The molecule has 0 bridgehead atoms. The SMILES string of the molecule is C/C(=C\[C@H](C)C(=O)/C=C/CC1CC(=O)NC(=O)C1)[C@@H]1OC(=O)C=CCCC=C[C@H](O)[C@@H](O)[C@@H]1C. The number of carbonyl (C=O) groups excluding carboxylic acids is 4. The van der Waals surface area contributed by atoms with E-state index < -0.39 is 36.1 Å². The number of cyclic esters (lactones) is 1. The fourth-order valence-corrected chi connectivity index (χ4v) is 4.11. The summed E-state index contributed by atoms with van der Waals surface area (Å²) in [6, 6.07) is 0. The van der Waals surface area contributed by atoms with Crippen LogP contribution < -0.4 is 5.32 Å². The normalized spacial score (nSPS) is 28.7. The zero-order valence-electron chi connectivity index (χ0n) is 20.0. The summed E-state index contributed by atoms with van der Waals surface area (Å²) in [5, 5.41) is 23.1. The van der Waals surface area contributed by atoms with Gasteiger partial charge in [0, 0.05) is 30.8 Å². The molecule has 2 heterocycles. The largest absolute Gasteiger partial charge is 0.454 e. The highest BCUT2D eigenvalue weighted by Gasteiger charge is 2.32. The number of imide groups is 1. The zero-order chi connectivity index (χ0) is 25.3. The molecule has 0 aliphatic carbocycles. The fourth-order valence-electron chi connectivity index (χ4n) is 4.11. The van der Waals surface area contributed by atoms with Gasteiger partial charge < -0.3 is 14.9 Å². The number of amides is 2. The lowest BCUT2D eigenvalue weighted by molar-refractivity contribution is -0.146. The average molecular weight is 474 g/mol. The summed E-state index contributed by atoms with van der Waals surface area (Å²) >= 11 is 0. The first-order chi connectivity index (χ1) is 16.1. The molecule has 0 aromatic heterocycles. The highest BCUT2D eigenvalue weighted by atomic mass is 16.5. The van der Waals surface area contributed by atoms with Gasteiger partial charge in [-0.2, -0.15) is 0 Å². The maximum Gasteiger partial charge on any atom is 0.331 e. The summed E-state index contributed by atoms with van der Waals surface area (Å²) in [5.41, 5.74) is 0.588. The molecule has 2 amide bonds. The molecule has 0 saturated carbocycles. The third-order valence-corrected chi connectivity index (χ3v) is 6.09. The van der Waals surface area contributed by atoms with Crippen LogP contribution in [0.15, 0.2) is 48.1 Å². The summed E-state index contributed by atoms with van der Waals surface area (Å²) in [6.45, 7) is 5.11. The summed E-state index contributed by atoms with van der Waals surface area (Å²) < 4.78 is 5.59. The predicted molar refractivity (Wildman–Crippen MR) is 126 cm³/mol. The van der Waals surface area contributed by atoms with Crippen molar-refractivity contribution < 1.29 is 34.1 Å². The lowest BCUT2D eigenvalue weighted by Gasteiger charge is -2.30. The number of ketones is 1. The van der Waals surface area contributed by atoms with Crippen molar-refractivity contribution in [3.05, 3.63) is 48.1 Å². The monoisotopic (exact) mass is 473 g/mol. The Hall–Kier alpha value is -2.84. The molecule has 0 radical (unpaired) electrons. The van der Waals surface area contributed by atoms with Crippen LogP contribution in [-0.4, -0.2) is 52.1 Å². The summed E-state index contributed by atoms with van der Waals surface area (Å²) in [5.74, 6) is -2.61. The van der Waals surface area contributed by atoms with Crippen molar-refractivity contribution in [3.63, 3.8) is 0 Å². The fraction of sp³-hybridized carbons (Fsp3) is 0.538. The summed E-state index contributed by atoms with van der Waals surface area (Å²) in [7, 11) is 0. The van der Waals surface area contributed by atoms with Crippen molar-refractivity contribution in [2.45, 2.75) is 71.2 Å². The smallest absolute Gasteiger partial charge is 0.331 e. The van der Waals surface area contributed by atoms with Gasteiger partial charge in [0.2, 0.25) is 11.8 Å². The number of piperidine rings is 1. The van der Waals surface area contributed by atoms with E-state index in [0.717, 1.165) is 0 Å². The molecule has 3 N–H and O–H groups in total. The first-order valence-corrected chi connectivity index (χ1v) is 11.7. The van der Waals surface area contributed by atoms with Crippen molar-refractivity contribution in [1.82, 2.24) is 5.32 Å². The Morgan fingerprint density at radius 1 is 1.18 bits per heavy atom. The van der Waals surface area contributed by atoms with E-state index in [-0.39, 0.29) is 36.4 Å². The minimum absolute atomic E-state index is 0.121. The molecule has 8 heteroatoms.